The summed E-state index contributed by atoms with van der Waals surface area (Å²) < 4.78 is 24.5. The molecule has 0 amide bonds. The molecule has 0 N–H and O–H groups in total. The fraction of sp³-hybridized carbons (Fsp3) is 0.154. The van der Waals surface area contributed by atoms with Gasteiger partial charge in [-0.1, -0.05) is 44.0 Å². The standard InChI is InChI=1S/C26H18Br2O6/c1-14-22(32-12-21(29)15-2-4-18(27)5-3-15)7-6-20-24(30)23(34-25(14)20)10-16-8-19(28)9-17-11-31-13-33-26(16)17/h2-10H,11-13H2,1H3/b23-10-. The molecule has 2 heterocycles. The van der Waals surface area contributed by atoms with E-state index in [1.54, 1.807) is 37.3 Å². The highest BCUT2D eigenvalue weighted by molar-refractivity contribution is 9.10. The van der Waals surface area contributed by atoms with Crippen LogP contribution in [0.2, 0.25) is 0 Å². The van der Waals surface area contributed by atoms with Crippen LogP contribution in [0, 0.1) is 6.92 Å². The molecule has 0 fully saturated rings. The summed E-state index contributed by atoms with van der Waals surface area (Å²) in [5.74, 6) is 1.40. The smallest absolute Gasteiger partial charge is 0.231 e. The first kappa shape index (κ1) is 22.8. The van der Waals surface area contributed by atoms with Crippen LogP contribution in [0.1, 0.15) is 37.4 Å². The van der Waals surface area contributed by atoms with Crippen LogP contribution >= 0.6 is 31.9 Å². The average molecular weight is 586 g/mol. The van der Waals surface area contributed by atoms with E-state index >= 15 is 0 Å². The molecule has 0 saturated heterocycles. The molecule has 0 atom stereocenters. The van der Waals surface area contributed by atoms with Gasteiger partial charge in [-0.25, -0.2) is 0 Å². The van der Waals surface area contributed by atoms with Crippen molar-refractivity contribution in [2.45, 2.75) is 13.5 Å². The summed E-state index contributed by atoms with van der Waals surface area (Å²) in [6.07, 6.45) is 1.67. The van der Waals surface area contributed by atoms with Gasteiger partial charge in [0.05, 0.1) is 12.2 Å². The third-order valence-corrected chi connectivity index (χ3v) is 6.54. The third-order valence-electron chi connectivity index (χ3n) is 5.55. The van der Waals surface area contributed by atoms with Crippen LogP contribution in [-0.2, 0) is 11.3 Å². The number of Topliss-reactive ketones (excluding diaryl/α,β-unsaturated/α-hetero) is 2. The molecule has 0 bridgehead atoms. The molecule has 8 heteroatoms. The van der Waals surface area contributed by atoms with E-state index in [4.69, 9.17) is 18.9 Å². The fourth-order valence-electron chi connectivity index (χ4n) is 3.84. The summed E-state index contributed by atoms with van der Waals surface area (Å²) in [6, 6.07) is 14.2. The summed E-state index contributed by atoms with van der Waals surface area (Å²) in [4.78, 5) is 25.5. The molecule has 3 aromatic carbocycles. The monoisotopic (exact) mass is 584 g/mol. The number of fused-ring (bicyclic) bond motifs is 2. The Balaban J connectivity index is 1.38. The van der Waals surface area contributed by atoms with Crippen molar-refractivity contribution < 1.29 is 28.5 Å². The van der Waals surface area contributed by atoms with Crippen LogP contribution in [0.15, 0.2) is 63.2 Å². The molecule has 0 aromatic heterocycles. The van der Waals surface area contributed by atoms with Gasteiger partial charge >= 0.3 is 0 Å². The number of ether oxygens (including phenoxy) is 4. The maximum Gasteiger partial charge on any atom is 0.231 e. The fourth-order valence-corrected chi connectivity index (χ4v) is 4.63. The Kier molecular flexibility index (Phi) is 6.29. The summed E-state index contributed by atoms with van der Waals surface area (Å²) in [5, 5.41) is 0. The summed E-state index contributed by atoms with van der Waals surface area (Å²) >= 11 is 6.85. The Morgan fingerprint density at radius 2 is 1.85 bits per heavy atom. The molecule has 5 rings (SSSR count). The molecular formula is C26H18Br2O6. The molecule has 2 aliphatic rings. The Hall–Kier alpha value is -2.94. The molecule has 0 unspecified atom stereocenters. The number of carbonyl (C=O) groups is 2. The largest absolute Gasteiger partial charge is 0.485 e. The topological polar surface area (TPSA) is 71.1 Å². The Bertz CT molecular complexity index is 1340. The van der Waals surface area contributed by atoms with E-state index in [0.29, 0.717) is 40.5 Å². The van der Waals surface area contributed by atoms with Gasteiger partial charge in [-0.2, -0.15) is 0 Å². The van der Waals surface area contributed by atoms with E-state index in [0.717, 1.165) is 20.1 Å². The van der Waals surface area contributed by atoms with Gasteiger partial charge in [0.2, 0.25) is 5.78 Å². The highest BCUT2D eigenvalue weighted by Gasteiger charge is 2.31. The second kappa shape index (κ2) is 9.37. The zero-order chi connectivity index (χ0) is 23.8. The molecule has 0 radical (unpaired) electrons. The maximum absolute atomic E-state index is 13.0. The lowest BCUT2D eigenvalue weighted by Crippen LogP contribution is -2.12. The SMILES string of the molecule is Cc1c(OCC(=O)c2ccc(Br)cc2)ccc2c1O/C(=C\c1cc(Br)cc3c1OCOC3)C2=O. The van der Waals surface area contributed by atoms with E-state index in [1.807, 2.05) is 24.3 Å². The first-order chi connectivity index (χ1) is 16.4. The molecule has 34 heavy (non-hydrogen) atoms. The summed E-state index contributed by atoms with van der Waals surface area (Å²) in [5.41, 5.74) is 3.27. The Labute approximate surface area is 212 Å². The van der Waals surface area contributed by atoms with Gasteiger partial charge in [0.15, 0.2) is 24.9 Å². The second-order valence-electron chi connectivity index (χ2n) is 7.82. The van der Waals surface area contributed by atoms with E-state index in [9.17, 15) is 9.59 Å². The summed E-state index contributed by atoms with van der Waals surface area (Å²) in [6.45, 7) is 2.26. The molecule has 0 saturated carbocycles. The molecule has 172 valence electrons. The number of carbonyl (C=O) groups excluding carboxylic acids is 2. The number of ketones is 2. The van der Waals surface area contributed by atoms with Gasteiger partial charge < -0.3 is 18.9 Å². The minimum absolute atomic E-state index is 0.124. The van der Waals surface area contributed by atoms with Crippen molar-refractivity contribution in [3.05, 3.63) is 91.1 Å². The molecule has 2 aliphatic heterocycles. The highest BCUT2D eigenvalue weighted by atomic mass is 79.9. The van der Waals surface area contributed by atoms with Gasteiger partial charge in [0, 0.05) is 31.2 Å². The average Bonchev–Trinajstić information content (AvgIpc) is 3.15. The highest BCUT2D eigenvalue weighted by Crippen LogP contribution is 2.41. The van der Waals surface area contributed by atoms with Crippen LogP contribution in [0.4, 0.5) is 0 Å². The number of hydrogen-bond acceptors (Lipinski definition) is 6. The lowest BCUT2D eigenvalue weighted by atomic mass is 10.0. The van der Waals surface area contributed by atoms with Gasteiger partial charge in [0.25, 0.3) is 0 Å². The number of rotatable bonds is 5. The normalized spacial score (nSPS) is 15.4. The van der Waals surface area contributed by atoms with Gasteiger partial charge in [-0.3, -0.25) is 9.59 Å². The Morgan fingerprint density at radius 1 is 1.06 bits per heavy atom. The lowest BCUT2D eigenvalue weighted by molar-refractivity contribution is -0.0165. The van der Waals surface area contributed by atoms with Crippen molar-refractivity contribution in [1.29, 1.82) is 0 Å². The van der Waals surface area contributed by atoms with E-state index in [2.05, 4.69) is 31.9 Å². The van der Waals surface area contributed by atoms with Crippen LogP contribution in [0.25, 0.3) is 6.08 Å². The molecule has 6 nitrogen and oxygen atoms in total. The van der Waals surface area contributed by atoms with Gasteiger partial charge in [-0.15, -0.1) is 0 Å². The third kappa shape index (κ3) is 4.41. The number of allylic oxidation sites excluding steroid dienone is 1. The van der Waals surface area contributed by atoms with E-state index in [1.165, 1.54) is 0 Å². The van der Waals surface area contributed by atoms with Gasteiger partial charge in [0.1, 0.15) is 17.2 Å². The van der Waals surface area contributed by atoms with E-state index < -0.39 is 0 Å². The van der Waals surface area contributed by atoms with Crippen LogP contribution in [0.5, 0.6) is 17.2 Å². The minimum Gasteiger partial charge on any atom is -0.485 e. The van der Waals surface area contributed by atoms with Crippen LogP contribution < -0.4 is 14.2 Å². The van der Waals surface area contributed by atoms with Crippen molar-refractivity contribution in [3.8, 4) is 17.2 Å². The van der Waals surface area contributed by atoms with Crippen LogP contribution in [-0.4, -0.2) is 25.0 Å². The lowest BCUT2D eigenvalue weighted by Gasteiger charge is -2.20. The zero-order valence-corrected chi connectivity index (χ0v) is 21.2. The van der Waals surface area contributed by atoms with Crippen molar-refractivity contribution in [2.75, 3.05) is 13.4 Å². The molecule has 3 aromatic rings. The molecule has 0 aliphatic carbocycles. The van der Waals surface area contributed by atoms with Crippen molar-refractivity contribution in [3.63, 3.8) is 0 Å². The maximum atomic E-state index is 13.0. The number of hydrogen-bond donors (Lipinski definition) is 0. The van der Waals surface area contributed by atoms with Gasteiger partial charge in [-0.05, 0) is 49.4 Å². The second-order valence-corrected chi connectivity index (χ2v) is 9.65. The van der Waals surface area contributed by atoms with Crippen LogP contribution in [0.3, 0.4) is 0 Å². The Morgan fingerprint density at radius 3 is 2.65 bits per heavy atom. The predicted molar refractivity (Wildman–Crippen MR) is 133 cm³/mol. The number of benzene rings is 3. The minimum atomic E-state index is -0.226. The quantitative estimate of drug-likeness (QED) is 0.260. The number of halogens is 2. The molecular weight excluding hydrogens is 568 g/mol. The summed E-state index contributed by atoms with van der Waals surface area (Å²) in [7, 11) is 0. The zero-order valence-electron chi connectivity index (χ0n) is 18.0. The predicted octanol–water partition coefficient (Wildman–Crippen LogP) is 6.26. The molecule has 0 spiro atoms. The van der Waals surface area contributed by atoms with Crippen molar-refractivity contribution in [2.24, 2.45) is 0 Å². The van der Waals surface area contributed by atoms with Crippen molar-refractivity contribution >= 4 is 49.5 Å². The van der Waals surface area contributed by atoms with Crippen molar-refractivity contribution in [1.82, 2.24) is 0 Å². The first-order valence-corrected chi connectivity index (χ1v) is 12.0. The van der Waals surface area contributed by atoms with E-state index in [-0.39, 0.29) is 30.7 Å². The first-order valence-electron chi connectivity index (χ1n) is 10.4.